The lowest BCUT2D eigenvalue weighted by atomic mass is 10.2. The molecule has 5 heteroatoms. The van der Waals surface area contributed by atoms with Crippen molar-refractivity contribution in [1.29, 1.82) is 5.26 Å². The highest BCUT2D eigenvalue weighted by Crippen LogP contribution is 2.19. The fraction of sp³-hybridized carbons (Fsp3) is 0.273. The summed E-state index contributed by atoms with van der Waals surface area (Å²) in [4.78, 5) is 11.6. The Morgan fingerprint density at radius 1 is 1.50 bits per heavy atom. The van der Waals surface area contributed by atoms with Crippen LogP contribution in [0.15, 0.2) is 22.7 Å². The summed E-state index contributed by atoms with van der Waals surface area (Å²) in [6, 6.07) is 7.04. The summed E-state index contributed by atoms with van der Waals surface area (Å²) in [5.74, 6) is -0.180. The van der Waals surface area contributed by atoms with Crippen LogP contribution in [0.2, 0.25) is 5.02 Å². The summed E-state index contributed by atoms with van der Waals surface area (Å²) in [6.07, 6.45) is 1.10. The van der Waals surface area contributed by atoms with Crippen molar-refractivity contribution in [2.75, 3.05) is 6.54 Å². The monoisotopic (exact) mass is 300 g/mol. The molecule has 0 unspecified atom stereocenters. The van der Waals surface area contributed by atoms with E-state index in [1.54, 1.807) is 18.2 Å². The van der Waals surface area contributed by atoms with Gasteiger partial charge in [-0.25, -0.2) is 0 Å². The number of hydrogen-bond acceptors (Lipinski definition) is 2. The molecule has 0 radical (unpaired) electrons. The summed E-state index contributed by atoms with van der Waals surface area (Å²) < 4.78 is 0.766. The number of carbonyl (C=O) groups is 1. The van der Waals surface area contributed by atoms with Gasteiger partial charge in [0.05, 0.1) is 6.07 Å². The molecule has 0 heterocycles. The lowest BCUT2D eigenvalue weighted by Gasteiger charge is -2.04. The van der Waals surface area contributed by atoms with E-state index in [0.29, 0.717) is 30.0 Å². The Bertz CT molecular complexity index is 408. The number of halogens is 2. The van der Waals surface area contributed by atoms with Gasteiger partial charge in [-0.3, -0.25) is 4.79 Å². The topological polar surface area (TPSA) is 52.9 Å². The molecule has 0 saturated carbocycles. The largest absolute Gasteiger partial charge is 0.352 e. The van der Waals surface area contributed by atoms with Crippen LogP contribution in [0.5, 0.6) is 0 Å². The second kappa shape index (κ2) is 6.51. The van der Waals surface area contributed by atoms with Gasteiger partial charge >= 0.3 is 0 Å². The summed E-state index contributed by atoms with van der Waals surface area (Å²) in [7, 11) is 0. The molecule has 0 aliphatic rings. The first-order chi connectivity index (χ1) is 7.63. The third-order valence-corrected chi connectivity index (χ3v) is 2.55. The van der Waals surface area contributed by atoms with E-state index in [1.807, 2.05) is 6.07 Å². The maximum atomic E-state index is 11.6. The van der Waals surface area contributed by atoms with Crippen molar-refractivity contribution in [3.05, 3.63) is 33.3 Å². The van der Waals surface area contributed by atoms with Crippen molar-refractivity contribution >= 4 is 33.4 Å². The standard InChI is InChI=1S/C11H10BrClN2O/c12-9-5-8(6-10(13)7-9)11(16)15-4-2-1-3-14/h5-7H,1-2,4H2,(H,15,16). The van der Waals surface area contributed by atoms with Crippen LogP contribution >= 0.6 is 27.5 Å². The molecule has 0 atom stereocenters. The van der Waals surface area contributed by atoms with Crippen molar-refractivity contribution in [1.82, 2.24) is 5.32 Å². The maximum Gasteiger partial charge on any atom is 0.251 e. The van der Waals surface area contributed by atoms with E-state index in [2.05, 4.69) is 21.2 Å². The molecular formula is C11H10BrClN2O. The molecule has 3 nitrogen and oxygen atoms in total. The van der Waals surface area contributed by atoms with Crippen LogP contribution in [0.3, 0.4) is 0 Å². The fourth-order valence-corrected chi connectivity index (χ4v) is 2.02. The molecule has 0 spiro atoms. The van der Waals surface area contributed by atoms with E-state index in [1.165, 1.54) is 0 Å². The van der Waals surface area contributed by atoms with E-state index in [4.69, 9.17) is 16.9 Å². The normalized spacial score (nSPS) is 9.56. The molecule has 1 N–H and O–H groups in total. The van der Waals surface area contributed by atoms with Crippen molar-refractivity contribution in [3.8, 4) is 6.07 Å². The number of carbonyl (C=O) groups excluding carboxylic acids is 1. The third kappa shape index (κ3) is 4.21. The van der Waals surface area contributed by atoms with Crippen LogP contribution < -0.4 is 5.32 Å². The summed E-state index contributed by atoms with van der Waals surface area (Å²) in [5, 5.41) is 11.6. The molecular weight excluding hydrogens is 291 g/mol. The second-order valence-corrected chi connectivity index (χ2v) is 4.53. The first-order valence-electron chi connectivity index (χ1n) is 4.74. The molecule has 0 bridgehead atoms. The molecule has 0 aliphatic carbocycles. The van der Waals surface area contributed by atoms with E-state index < -0.39 is 0 Å². The second-order valence-electron chi connectivity index (χ2n) is 3.18. The van der Waals surface area contributed by atoms with Gasteiger partial charge in [-0.05, 0) is 24.6 Å². The van der Waals surface area contributed by atoms with Crippen molar-refractivity contribution in [2.24, 2.45) is 0 Å². The number of nitriles is 1. The summed E-state index contributed by atoms with van der Waals surface area (Å²) >= 11 is 9.09. The van der Waals surface area contributed by atoms with E-state index in [-0.39, 0.29) is 5.91 Å². The SMILES string of the molecule is N#CCCCNC(=O)c1cc(Cl)cc(Br)c1. The Morgan fingerprint density at radius 3 is 2.88 bits per heavy atom. The van der Waals surface area contributed by atoms with Crippen molar-refractivity contribution < 1.29 is 4.79 Å². The van der Waals surface area contributed by atoms with E-state index in [9.17, 15) is 4.79 Å². The number of benzene rings is 1. The molecule has 84 valence electrons. The molecule has 0 aromatic heterocycles. The van der Waals surface area contributed by atoms with Crippen LogP contribution in [0.25, 0.3) is 0 Å². The minimum absolute atomic E-state index is 0.180. The average Bonchev–Trinajstić information content (AvgIpc) is 2.22. The molecule has 1 aromatic carbocycles. The van der Waals surface area contributed by atoms with Crippen LogP contribution in [0, 0.1) is 11.3 Å². The number of hydrogen-bond donors (Lipinski definition) is 1. The first kappa shape index (κ1) is 13.0. The number of nitrogens with one attached hydrogen (secondary N) is 1. The zero-order valence-electron chi connectivity index (χ0n) is 8.46. The number of rotatable bonds is 4. The maximum absolute atomic E-state index is 11.6. The Kier molecular flexibility index (Phi) is 5.30. The molecule has 16 heavy (non-hydrogen) atoms. The van der Waals surface area contributed by atoms with Crippen molar-refractivity contribution in [2.45, 2.75) is 12.8 Å². The Hall–Kier alpha value is -1.05. The zero-order chi connectivity index (χ0) is 12.0. The van der Waals surface area contributed by atoms with Crippen LogP contribution in [-0.4, -0.2) is 12.5 Å². The Labute approximate surface area is 108 Å². The first-order valence-corrected chi connectivity index (χ1v) is 5.92. The average molecular weight is 302 g/mol. The van der Waals surface area contributed by atoms with E-state index in [0.717, 1.165) is 4.47 Å². The fourth-order valence-electron chi connectivity index (χ4n) is 1.16. The van der Waals surface area contributed by atoms with Crippen LogP contribution in [0.4, 0.5) is 0 Å². The van der Waals surface area contributed by atoms with Gasteiger partial charge in [-0.15, -0.1) is 0 Å². The smallest absolute Gasteiger partial charge is 0.251 e. The molecule has 1 amide bonds. The number of unbranched alkanes of at least 4 members (excludes halogenated alkanes) is 1. The summed E-state index contributed by atoms with van der Waals surface area (Å²) in [5.41, 5.74) is 0.510. The minimum atomic E-state index is -0.180. The van der Waals surface area contributed by atoms with Gasteiger partial charge in [-0.2, -0.15) is 5.26 Å². The number of amides is 1. The predicted octanol–water partition coefficient (Wildman–Crippen LogP) is 3.14. The molecule has 1 aromatic rings. The highest BCUT2D eigenvalue weighted by molar-refractivity contribution is 9.10. The lowest BCUT2D eigenvalue weighted by molar-refractivity contribution is 0.0953. The lowest BCUT2D eigenvalue weighted by Crippen LogP contribution is -2.24. The molecule has 0 aliphatic heterocycles. The predicted molar refractivity (Wildman–Crippen MR) is 66.3 cm³/mol. The Balaban J connectivity index is 2.56. The van der Waals surface area contributed by atoms with Crippen molar-refractivity contribution in [3.63, 3.8) is 0 Å². The van der Waals surface area contributed by atoms with Gasteiger partial charge in [0.1, 0.15) is 0 Å². The zero-order valence-corrected chi connectivity index (χ0v) is 10.8. The summed E-state index contributed by atoms with van der Waals surface area (Å²) in [6.45, 7) is 0.497. The quantitative estimate of drug-likeness (QED) is 0.869. The van der Waals surface area contributed by atoms with Crippen LogP contribution in [-0.2, 0) is 0 Å². The highest BCUT2D eigenvalue weighted by atomic mass is 79.9. The molecule has 0 fully saturated rings. The highest BCUT2D eigenvalue weighted by Gasteiger charge is 2.06. The van der Waals surface area contributed by atoms with Crippen LogP contribution in [0.1, 0.15) is 23.2 Å². The third-order valence-electron chi connectivity index (χ3n) is 1.88. The van der Waals surface area contributed by atoms with Gasteiger partial charge < -0.3 is 5.32 Å². The minimum Gasteiger partial charge on any atom is -0.352 e. The number of nitrogens with zero attached hydrogens (tertiary/aromatic N) is 1. The molecule has 1 rings (SSSR count). The van der Waals surface area contributed by atoms with Gasteiger partial charge in [-0.1, -0.05) is 27.5 Å². The van der Waals surface area contributed by atoms with E-state index >= 15 is 0 Å². The molecule has 0 saturated heterocycles. The Morgan fingerprint density at radius 2 is 2.25 bits per heavy atom. The van der Waals surface area contributed by atoms with Gasteiger partial charge in [0.15, 0.2) is 0 Å². The van der Waals surface area contributed by atoms with Gasteiger partial charge in [0.25, 0.3) is 5.91 Å². The van der Waals surface area contributed by atoms with Gasteiger partial charge in [0.2, 0.25) is 0 Å². The van der Waals surface area contributed by atoms with Gasteiger partial charge in [0, 0.05) is 28.0 Å².